The monoisotopic (exact) mass is 448 g/mol. The van der Waals surface area contributed by atoms with E-state index in [9.17, 15) is 13.0 Å². The minimum Gasteiger partial charge on any atom is -0.744 e. The molecule has 0 amide bonds. The molecule has 0 fully saturated rings. The van der Waals surface area contributed by atoms with Gasteiger partial charge in [0.25, 0.3) is 0 Å². The van der Waals surface area contributed by atoms with Gasteiger partial charge in [0.15, 0.2) is 0 Å². The fourth-order valence-corrected chi connectivity index (χ4v) is 4.17. The summed E-state index contributed by atoms with van der Waals surface area (Å²) in [5.41, 5.74) is 1.11. The van der Waals surface area contributed by atoms with Crippen LogP contribution in [0.2, 0.25) is 0 Å². The largest absolute Gasteiger partial charge is 1.00 e. The van der Waals surface area contributed by atoms with Crippen molar-refractivity contribution in [2.24, 2.45) is 0 Å². The summed E-state index contributed by atoms with van der Waals surface area (Å²) < 4.78 is 32.7. The topological polar surface area (TPSA) is 57.2 Å². The zero-order valence-corrected chi connectivity index (χ0v) is 22.9. The Bertz CT molecular complexity index is 585. The van der Waals surface area contributed by atoms with Gasteiger partial charge in [0.05, 0.1) is 4.90 Å². The molecular weight excluding hydrogens is 407 g/mol. The Morgan fingerprint density at radius 2 is 0.966 bits per heavy atom. The van der Waals surface area contributed by atoms with Crippen molar-refractivity contribution in [3.05, 3.63) is 29.8 Å². The zero-order valence-electron chi connectivity index (χ0n) is 19.0. The van der Waals surface area contributed by atoms with E-state index in [0.717, 1.165) is 18.4 Å². The standard InChI is InChI=1S/C24H42O3S.K/c1-2-3-4-5-6-7-8-9-10-11-12-13-14-15-16-17-18-23-19-21-24(22-20-23)28(25,26)27;/h19-22H,2-18H2,1H3,(H,25,26,27);/q;+1/p-1. The number of aryl methyl sites for hydroxylation is 1. The van der Waals surface area contributed by atoms with Crippen LogP contribution in [0.15, 0.2) is 29.2 Å². The van der Waals surface area contributed by atoms with Crippen molar-refractivity contribution >= 4 is 10.1 Å². The summed E-state index contributed by atoms with van der Waals surface area (Å²) in [4.78, 5) is -0.136. The van der Waals surface area contributed by atoms with Crippen LogP contribution in [0, 0.1) is 0 Å². The molecule has 162 valence electrons. The van der Waals surface area contributed by atoms with E-state index in [4.69, 9.17) is 0 Å². The van der Waals surface area contributed by atoms with E-state index in [0.29, 0.717) is 0 Å². The fourth-order valence-electron chi connectivity index (χ4n) is 3.70. The molecule has 1 aromatic rings. The number of hydrogen-bond acceptors (Lipinski definition) is 3. The van der Waals surface area contributed by atoms with Crippen LogP contribution >= 0.6 is 0 Å². The van der Waals surface area contributed by atoms with Crippen molar-refractivity contribution in [2.75, 3.05) is 0 Å². The average molecular weight is 449 g/mol. The first-order chi connectivity index (χ1) is 13.5. The van der Waals surface area contributed by atoms with Crippen LogP contribution in [0.5, 0.6) is 0 Å². The average Bonchev–Trinajstić information content (AvgIpc) is 2.67. The molecule has 5 heteroatoms. The molecule has 0 saturated carbocycles. The molecule has 0 spiro atoms. The minimum atomic E-state index is -4.32. The molecular formula is C24H41KO3S. The number of hydrogen-bond donors (Lipinski definition) is 0. The van der Waals surface area contributed by atoms with Gasteiger partial charge in [-0.2, -0.15) is 0 Å². The predicted octanol–water partition coefficient (Wildman–Crippen LogP) is 4.40. The predicted molar refractivity (Wildman–Crippen MR) is 118 cm³/mol. The van der Waals surface area contributed by atoms with Gasteiger partial charge in [0.1, 0.15) is 10.1 Å². The third kappa shape index (κ3) is 17.1. The van der Waals surface area contributed by atoms with Gasteiger partial charge in [-0.15, -0.1) is 0 Å². The molecule has 0 radical (unpaired) electrons. The smallest absolute Gasteiger partial charge is 0.744 e. The quantitative estimate of drug-likeness (QED) is 0.190. The van der Waals surface area contributed by atoms with Gasteiger partial charge in [0, 0.05) is 0 Å². The summed E-state index contributed by atoms with van der Waals surface area (Å²) in [6.07, 6.45) is 22.7. The maximum absolute atomic E-state index is 10.9. The molecule has 3 nitrogen and oxygen atoms in total. The van der Waals surface area contributed by atoms with Crippen LogP contribution < -0.4 is 51.4 Å². The second-order valence-corrected chi connectivity index (χ2v) is 9.53. The molecule has 29 heavy (non-hydrogen) atoms. The summed E-state index contributed by atoms with van der Waals surface area (Å²) in [6.45, 7) is 2.27. The van der Waals surface area contributed by atoms with E-state index in [1.165, 1.54) is 108 Å². The molecule has 1 aromatic carbocycles. The SMILES string of the molecule is CCCCCCCCCCCCCCCCCCc1ccc(S(=O)(=O)[O-])cc1.[K+]. The molecule has 0 aliphatic carbocycles. The van der Waals surface area contributed by atoms with E-state index in [1.54, 1.807) is 12.1 Å². The Morgan fingerprint density at radius 3 is 1.31 bits per heavy atom. The van der Waals surface area contributed by atoms with Crippen molar-refractivity contribution < 1.29 is 64.4 Å². The van der Waals surface area contributed by atoms with Gasteiger partial charge in [0.2, 0.25) is 0 Å². The molecule has 0 aliphatic rings. The maximum atomic E-state index is 10.9. The van der Waals surface area contributed by atoms with Crippen molar-refractivity contribution in [1.29, 1.82) is 0 Å². The van der Waals surface area contributed by atoms with Gasteiger partial charge < -0.3 is 4.55 Å². The van der Waals surface area contributed by atoms with Gasteiger partial charge in [-0.1, -0.05) is 115 Å². The third-order valence-electron chi connectivity index (χ3n) is 5.53. The molecule has 0 heterocycles. The Labute approximate surface area is 223 Å². The molecule has 0 saturated heterocycles. The van der Waals surface area contributed by atoms with Crippen molar-refractivity contribution in [1.82, 2.24) is 0 Å². The van der Waals surface area contributed by atoms with E-state index in [2.05, 4.69) is 6.92 Å². The Kier molecular flexibility index (Phi) is 20.0. The zero-order chi connectivity index (χ0) is 20.5. The Hall–Kier alpha value is 0.766. The van der Waals surface area contributed by atoms with Crippen LogP contribution in [0.3, 0.4) is 0 Å². The molecule has 0 unspecified atom stereocenters. The summed E-state index contributed by atoms with van der Waals surface area (Å²) in [5, 5.41) is 0. The van der Waals surface area contributed by atoms with E-state index in [-0.39, 0.29) is 56.3 Å². The summed E-state index contributed by atoms with van der Waals surface area (Å²) in [6, 6.07) is 6.36. The first kappa shape index (κ1) is 29.8. The van der Waals surface area contributed by atoms with Crippen LogP contribution in [0.25, 0.3) is 0 Å². The summed E-state index contributed by atoms with van der Waals surface area (Å²) in [7, 11) is -4.32. The minimum absolute atomic E-state index is 0. The summed E-state index contributed by atoms with van der Waals surface area (Å²) >= 11 is 0. The molecule has 0 bridgehead atoms. The first-order valence-corrected chi connectivity index (χ1v) is 13.0. The maximum Gasteiger partial charge on any atom is 1.00 e. The Morgan fingerprint density at radius 1 is 0.621 bits per heavy atom. The van der Waals surface area contributed by atoms with E-state index < -0.39 is 10.1 Å². The van der Waals surface area contributed by atoms with Crippen molar-refractivity contribution in [2.45, 2.75) is 121 Å². The van der Waals surface area contributed by atoms with Crippen LogP contribution in [-0.2, 0) is 16.5 Å². The second-order valence-electron chi connectivity index (χ2n) is 8.15. The Balaban J connectivity index is 0.00000784. The number of unbranched alkanes of at least 4 members (excludes halogenated alkanes) is 15. The molecule has 0 atom stereocenters. The van der Waals surface area contributed by atoms with Gasteiger partial charge in [-0.25, -0.2) is 8.42 Å². The number of rotatable bonds is 18. The van der Waals surface area contributed by atoms with Gasteiger partial charge >= 0.3 is 51.4 Å². The van der Waals surface area contributed by atoms with Crippen LogP contribution in [0.4, 0.5) is 0 Å². The third-order valence-corrected chi connectivity index (χ3v) is 6.38. The van der Waals surface area contributed by atoms with Gasteiger partial charge in [-0.05, 0) is 30.5 Å². The van der Waals surface area contributed by atoms with E-state index in [1.807, 2.05) is 0 Å². The summed E-state index contributed by atoms with van der Waals surface area (Å²) in [5.74, 6) is 0. The van der Waals surface area contributed by atoms with Crippen molar-refractivity contribution in [3.63, 3.8) is 0 Å². The first-order valence-electron chi connectivity index (χ1n) is 11.6. The van der Waals surface area contributed by atoms with Crippen LogP contribution in [-0.4, -0.2) is 13.0 Å². The second kappa shape index (κ2) is 19.5. The van der Waals surface area contributed by atoms with Gasteiger partial charge in [-0.3, -0.25) is 0 Å². The molecule has 1 rings (SSSR count). The van der Waals surface area contributed by atoms with Crippen molar-refractivity contribution in [3.8, 4) is 0 Å². The normalized spacial score (nSPS) is 11.4. The van der Waals surface area contributed by atoms with Crippen LogP contribution in [0.1, 0.15) is 115 Å². The van der Waals surface area contributed by atoms with E-state index >= 15 is 0 Å². The molecule has 0 N–H and O–H groups in total. The molecule has 0 aliphatic heterocycles. The molecule has 0 aromatic heterocycles. The number of benzene rings is 1. The fraction of sp³-hybridized carbons (Fsp3) is 0.750.